The monoisotopic (exact) mass is 842 g/mol. The predicted molar refractivity (Wildman–Crippen MR) is 219 cm³/mol. The van der Waals surface area contributed by atoms with Crippen molar-refractivity contribution in [3.8, 4) is 51.7 Å². The van der Waals surface area contributed by atoms with Crippen LogP contribution in [0.15, 0.2) is 103 Å². The summed E-state index contributed by atoms with van der Waals surface area (Å²) in [6.45, 7) is -0.766. The molecule has 318 valence electrons. The second-order valence-electron chi connectivity index (χ2n) is 16.6. The Hall–Kier alpha value is -6.68. The highest BCUT2D eigenvalue weighted by Gasteiger charge is 2.56. The number of hydrogen-bond donors (Lipinski definition) is 12. The van der Waals surface area contributed by atoms with Crippen LogP contribution in [0.25, 0.3) is 0 Å². The largest absolute Gasteiger partial charge is 0.508 e. The normalized spacial score (nSPS) is 28.2. The van der Waals surface area contributed by atoms with Gasteiger partial charge in [0.25, 0.3) is 0 Å². The molecule has 12 N–H and O–H groups in total. The van der Waals surface area contributed by atoms with Crippen LogP contribution in [-0.2, 0) is 4.74 Å². The number of ether oxygens (including phenoxy) is 2. The number of rotatable bonds is 5. The standard InChI is InChI=1S/C48H42O14/c49-18-33-43(57)45(59)46(60)48(62-33)42-31(56)17-29-39-34(19-1-7-22(50)8-2-19)36-27(13-25(53)15-30(36)55)41-37-28(38(39)35(40(29)44(42)58)20-3-9-23(51)10-4-20)14-26(54)16-32(37)61-47(41)21-5-11-24(52)12-6-21/h1-17,33-35,38-39,41,43,45-60H,18H2/t33-,34-,35-,38-,39+,41-,43-,45+,46-,47+,48?/m1/s1. The molecular weight excluding hydrogens is 801 g/mol. The van der Waals surface area contributed by atoms with Gasteiger partial charge in [-0.1, -0.05) is 36.4 Å². The number of phenolic OH excluding ortho intramolecular Hbond substituents is 8. The van der Waals surface area contributed by atoms with Crippen molar-refractivity contribution >= 4 is 0 Å². The van der Waals surface area contributed by atoms with Crippen LogP contribution in [0.4, 0.5) is 0 Å². The Morgan fingerprint density at radius 2 is 0.919 bits per heavy atom. The Morgan fingerprint density at radius 1 is 0.419 bits per heavy atom. The van der Waals surface area contributed by atoms with E-state index >= 15 is 0 Å². The zero-order valence-electron chi connectivity index (χ0n) is 32.6. The third kappa shape index (κ3) is 5.90. The first-order chi connectivity index (χ1) is 29.7. The van der Waals surface area contributed by atoms with Crippen LogP contribution in [0, 0.1) is 0 Å². The van der Waals surface area contributed by atoms with E-state index in [1.54, 1.807) is 48.5 Å². The van der Waals surface area contributed by atoms with E-state index in [1.807, 2.05) is 0 Å². The zero-order chi connectivity index (χ0) is 43.5. The molecule has 2 heterocycles. The molecule has 4 aliphatic rings. The molecule has 1 unspecified atom stereocenters. The second kappa shape index (κ2) is 14.5. The Labute approximate surface area is 353 Å². The fourth-order valence-electron chi connectivity index (χ4n) is 10.7. The minimum absolute atomic E-state index is 0.0118. The first kappa shape index (κ1) is 39.5. The highest BCUT2D eigenvalue weighted by molar-refractivity contribution is 5.71. The van der Waals surface area contributed by atoms with Gasteiger partial charge in [0.05, 0.1) is 18.1 Å². The lowest BCUT2D eigenvalue weighted by atomic mass is 9.63. The molecule has 6 aromatic carbocycles. The molecule has 0 spiro atoms. The summed E-state index contributed by atoms with van der Waals surface area (Å²) in [6.07, 6.45) is -9.32. The molecule has 2 aliphatic heterocycles. The number of aliphatic hydroxyl groups excluding tert-OH is 4. The van der Waals surface area contributed by atoms with Gasteiger partial charge in [-0.25, -0.2) is 0 Å². The zero-order valence-corrected chi connectivity index (χ0v) is 32.6. The number of phenols is 8. The topological polar surface area (TPSA) is 261 Å². The highest BCUT2D eigenvalue weighted by Crippen LogP contribution is 2.70. The third-order valence-electron chi connectivity index (χ3n) is 13.3. The fraction of sp³-hybridized carbons (Fsp3) is 0.250. The van der Waals surface area contributed by atoms with E-state index in [9.17, 15) is 61.3 Å². The summed E-state index contributed by atoms with van der Waals surface area (Å²) in [6, 6.07) is 26.3. The van der Waals surface area contributed by atoms with E-state index in [2.05, 4.69) is 0 Å². The van der Waals surface area contributed by atoms with Gasteiger partial charge in [-0.3, -0.25) is 0 Å². The van der Waals surface area contributed by atoms with Crippen molar-refractivity contribution in [2.24, 2.45) is 0 Å². The van der Waals surface area contributed by atoms with E-state index in [4.69, 9.17) is 9.47 Å². The number of aliphatic hydroxyl groups is 4. The summed E-state index contributed by atoms with van der Waals surface area (Å²) >= 11 is 0. The molecule has 62 heavy (non-hydrogen) atoms. The average molecular weight is 843 g/mol. The van der Waals surface area contributed by atoms with Gasteiger partial charge in [-0.05, 0) is 88.0 Å². The Balaban J connectivity index is 1.33. The quantitative estimate of drug-likeness (QED) is 0.106. The van der Waals surface area contributed by atoms with Gasteiger partial charge >= 0.3 is 0 Å². The summed E-state index contributed by atoms with van der Waals surface area (Å²) in [7, 11) is 0. The van der Waals surface area contributed by atoms with Crippen LogP contribution in [0.5, 0.6) is 51.7 Å². The molecule has 2 aliphatic carbocycles. The Bertz CT molecular complexity index is 2720. The smallest absolute Gasteiger partial charge is 0.135 e. The van der Waals surface area contributed by atoms with Crippen molar-refractivity contribution in [3.05, 3.63) is 159 Å². The summed E-state index contributed by atoms with van der Waals surface area (Å²) in [4.78, 5) is 0. The first-order valence-corrected chi connectivity index (χ1v) is 20.1. The minimum atomic E-state index is -1.88. The minimum Gasteiger partial charge on any atom is -0.508 e. The van der Waals surface area contributed by atoms with Crippen LogP contribution < -0.4 is 4.74 Å². The third-order valence-corrected chi connectivity index (χ3v) is 13.3. The summed E-state index contributed by atoms with van der Waals surface area (Å²) in [5.41, 5.74) is 3.92. The molecular formula is C48H42O14. The number of fused-ring (bicyclic) bond motifs is 6. The van der Waals surface area contributed by atoms with Crippen LogP contribution in [0.3, 0.4) is 0 Å². The van der Waals surface area contributed by atoms with E-state index in [1.165, 1.54) is 54.6 Å². The van der Waals surface area contributed by atoms with Gasteiger partial charge in [-0.15, -0.1) is 0 Å². The number of benzene rings is 6. The summed E-state index contributed by atoms with van der Waals surface area (Å²) < 4.78 is 12.6. The van der Waals surface area contributed by atoms with Gasteiger partial charge in [0.1, 0.15) is 88.4 Å². The molecule has 11 atom stereocenters. The predicted octanol–water partition coefficient (Wildman–Crippen LogP) is 5.27. The van der Waals surface area contributed by atoms with Crippen molar-refractivity contribution in [1.82, 2.24) is 0 Å². The number of aromatic hydroxyl groups is 8. The molecule has 1 fully saturated rings. The highest BCUT2D eigenvalue weighted by atomic mass is 16.5. The Morgan fingerprint density at radius 3 is 1.50 bits per heavy atom. The van der Waals surface area contributed by atoms with Crippen molar-refractivity contribution in [2.75, 3.05) is 6.61 Å². The van der Waals surface area contributed by atoms with E-state index < -0.39 is 84.3 Å². The van der Waals surface area contributed by atoms with Crippen molar-refractivity contribution in [3.63, 3.8) is 0 Å². The lowest BCUT2D eigenvalue weighted by Crippen LogP contribution is -2.55. The maximum Gasteiger partial charge on any atom is 0.135 e. The van der Waals surface area contributed by atoms with Crippen LogP contribution in [0.2, 0.25) is 0 Å². The van der Waals surface area contributed by atoms with Crippen molar-refractivity contribution < 1.29 is 70.8 Å². The van der Waals surface area contributed by atoms with Crippen molar-refractivity contribution in [2.45, 2.75) is 66.2 Å². The van der Waals surface area contributed by atoms with Crippen LogP contribution in [0.1, 0.15) is 97.4 Å². The van der Waals surface area contributed by atoms with Gasteiger partial charge in [0.15, 0.2) is 0 Å². The molecule has 0 radical (unpaired) electrons. The van der Waals surface area contributed by atoms with E-state index in [0.717, 1.165) is 0 Å². The maximum absolute atomic E-state index is 12.7. The Kier molecular flexibility index (Phi) is 9.21. The fourth-order valence-corrected chi connectivity index (χ4v) is 10.7. The average Bonchev–Trinajstić information content (AvgIpc) is 3.78. The maximum atomic E-state index is 12.7. The van der Waals surface area contributed by atoms with Gasteiger partial charge in [-0.2, -0.15) is 0 Å². The molecule has 6 aromatic rings. The molecule has 14 nitrogen and oxygen atoms in total. The molecule has 0 saturated carbocycles. The molecule has 0 aromatic heterocycles. The van der Waals surface area contributed by atoms with Crippen LogP contribution >= 0.6 is 0 Å². The molecule has 0 amide bonds. The lowest BCUT2D eigenvalue weighted by molar-refractivity contribution is -0.232. The SMILES string of the molecule is OC[C@H]1OC(c2c(O)cc3c(c2O)[C@H](c2ccc(O)cc2)[C@H]2c4cc(O)cc5c4[C@@H](c4cc(O)cc(O)c4[C@@H](c4ccc(O)cc4)[C@H]32)[C@H](c2ccc(O)cc2)O5)[C@H](O)[C@@H](O)[C@@H]1O. The summed E-state index contributed by atoms with van der Waals surface area (Å²) in [5.74, 6) is -5.91. The van der Waals surface area contributed by atoms with Crippen LogP contribution in [-0.4, -0.2) is 92.3 Å². The number of hydrogen-bond acceptors (Lipinski definition) is 14. The van der Waals surface area contributed by atoms with Gasteiger partial charge in [0.2, 0.25) is 0 Å². The molecule has 0 bridgehead atoms. The van der Waals surface area contributed by atoms with Gasteiger partial charge in [0, 0.05) is 52.5 Å². The molecule has 10 rings (SSSR count). The molecule has 1 saturated heterocycles. The first-order valence-electron chi connectivity index (χ1n) is 20.1. The van der Waals surface area contributed by atoms with E-state index in [0.29, 0.717) is 44.5 Å². The molecule has 14 heteroatoms. The second-order valence-corrected chi connectivity index (χ2v) is 16.6. The van der Waals surface area contributed by atoms with E-state index in [-0.39, 0.29) is 51.4 Å². The summed E-state index contributed by atoms with van der Waals surface area (Å²) in [5, 5.41) is 134. The lowest BCUT2D eigenvalue weighted by Gasteiger charge is -2.40. The van der Waals surface area contributed by atoms with Crippen molar-refractivity contribution in [1.29, 1.82) is 0 Å². The van der Waals surface area contributed by atoms with Gasteiger partial charge < -0.3 is 70.8 Å².